The van der Waals surface area contributed by atoms with Crippen LogP contribution in [-0.2, 0) is 4.79 Å². The van der Waals surface area contributed by atoms with Crippen LogP contribution < -0.4 is 16.8 Å². The third-order valence-electron chi connectivity index (χ3n) is 2.85. The summed E-state index contributed by atoms with van der Waals surface area (Å²) < 4.78 is 0. The van der Waals surface area contributed by atoms with E-state index in [1.54, 1.807) is 18.2 Å². The van der Waals surface area contributed by atoms with E-state index < -0.39 is 0 Å². The number of carbonyl (C=O) groups excluding carboxylic acids is 2. The lowest BCUT2D eigenvalue weighted by molar-refractivity contribution is -0.121. The molecule has 1 heterocycles. The van der Waals surface area contributed by atoms with Crippen LogP contribution in [0.1, 0.15) is 16.8 Å². The second-order valence-electron chi connectivity index (χ2n) is 4.28. The van der Waals surface area contributed by atoms with Crippen LogP contribution in [-0.4, -0.2) is 36.3 Å². The molecule has 1 aromatic carbocycles. The number of nitrogens with two attached hydrogens (primary N) is 2. The van der Waals surface area contributed by atoms with Crippen LogP contribution in [0, 0.1) is 0 Å². The number of benzene rings is 1. The maximum Gasteiger partial charge on any atom is 0.256 e. The summed E-state index contributed by atoms with van der Waals surface area (Å²) in [6, 6.07) is 4.77. The van der Waals surface area contributed by atoms with Crippen molar-refractivity contribution in [3.05, 3.63) is 23.8 Å². The number of nitrogens with zero attached hydrogens (tertiary/aromatic N) is 1. The number of amides is 2. The molecule has 18 heavy (non-hydrogen) atoms. The highest BCUT2D eigenvalue weighted by Crippen LogP contribution is 2.18. The Kier molecular flexibility index (Phi) is 3.36. The van der Waals surface area contributed by atoms with E-state index >= 15 is 0 Å². The van der Waals surface area contributed by atoms with E-state index in [0.717, 1.165) is 6.42 Å². The Labute approximate surface area is 105 Å². The zero-order valence-corrected chi connectivity index (χ0v) is 9.98. The van der Waals surface area contributed by atoms with E-state index in [2.05, 4.69) is 5.32 Å². The molecular formula is C12H16N4O2. The summed E-state index contributed by atoms with van der Waals surface area (Å²) in [7, 11) is 0. The van der Waals surface area contributed by atoms with E-state index in [1.165, 1.54) is 4.90 Å². The molecule has 1 saturated heterocycles. The maximum atomic E-state index is 12.3. The normalized spacial score (nSPS) is 16.0. The van der Waals surface area contributed by atoms with Gasteiger partial charge in [-0.1, -0.05) is 0 Å². The Morgan fingerprint density at radius 1 is 1.33 bits per heavy atom. The predicted molar refractivity (Wildman–Crippen MR) is 68.8 cm³/mol. The van der Waals surface area contributed by atoms with Gasteiger partial charge in [-0.15, -0.1) is 0 Å². The fraction of sp³-hybridized carbons (Fsp3) is 0.333. The standard InChI is InChI=1S/C12H16N4O2/c13-8-2-3-9(10(14)6-8)12(18)16-5-1-4-15-11(17)7-16/h2-3,6H,1,4-5,7,13-14H2,(H,15,17). The van der Waals surface area contributed by atoms with E-state index in [4.69, 9.17) is 11.5 Å². The summed E-state index contributed by atoms with van der Waals surface area (Å²) in [4.78, 5) is 25.2. The summed E-state index contributed by atoms with van der Waals surface area (Å²) in [5.74, 6) is -0.376. The molecule has 0 radical (unpaired) electrons. The van der Waals surface area contributed by atoms with E-state index in [1.807, 2.05) is 0 Å². The summed E-state index contributed by atoms with van der Waals surface area (Å²) in [6.45, 7) is 1.21. The molecule has 0 atom stereocenters. The monoisotopic (exact) mass is 248 g/mol. The Morgan fingerprint density at radius 2 is 2.11 bits per heavy atom. The number of hydrogen-bond donors (Lipinski definition) is 3. The highest BCUT2D eigenvalue weighted by atomic mass is 16.2. The third-order valence-corrected chi connectivity index (χ3v) is 2.85. The van der Waals surface area contributed by atoms with Gasteiger partial charge < -0.3 is 21.7 Å². The lowest BCUT2D eigenvalue weighted by Gasteiger charge is -2.20. The predicted octanol–water partition coefficient (Wildman–Crippen LogP) is -0.187. The summed E-state index contributed by atoms with van der Waals surface area (Å²) in [5.41, 5.74) is 12.6. The molecule has 96 valence electrons. The Balaban J connectivity index is 2.21. The third kappa shape index (κ3) is 2.53. The van der Waals surface area contributed by atoms with Gasteiger partial charge in [-0.05, 0) is 24.6 Å². The largest absolute Gasteiger partial charge is 0.399 e. The number of anilines is 2. The van der Waals surface area contributed by atoms with Gasteiger partial charge in [-0.25, -0.2) is 0 Å². The minimum absolute atomic E-state index is 0.0721. The smallest absolute Gasteiger partial charge is 0.256 e. The zero-order chi connectivity index (χ0) is 13.1. The molecule has 6 heteroatoms. The molecule has 1 aliphatic heterocycles. The molecule has 1 fully saturated rings. The first-order chi connectivity index (χ1) is 8.58. The molecule has 0 saturated carbocycles. The lowest BCUT2D eigenvalue weighted by atomic mass is 10.1. The molecule has 5 N–H and O–H groups in total. The van der Waals surface area contributed by atoms with Gasteiger partial charge in [0.2, 0.25) is 5.91 Å². The topological polar surface area (TPSA) is 101 Å². The first-order valence-electron chi connectivity index (χ1n) is 5.79. The molecule has 2 amide bonds. The molecular weight excluding hydrogens is 232 g/mol. The number of rotatable bonds is 1. The zero-order valence-electron chi connectivity index (χ0n) is 9.98. The fourth-order valence-corrected chi connectivity index (χ4v) is 1.93. The van der Waals surface area contributed by atoms with Crippen LogP contribution in [0.4, 0.5) is 11.4 Å². The van der Waals surface area contributed by atoms with Gasteiger partial charge in [0.15, 0.2) is 0 Å². The quantitative estimate of drug-likeness (QED) is 0.600. The molecule has 2 rings (SSSR count). The van der Waals surface area contributed by atoms with Crippen LogP contribution in [0.5, 0.6) is 0 Å². The Bertz CT molecular complexity index is 487. The van der Waals surface area contributed by atoms with Crippen molar-refractivity contribution < 1.29 is 9.59 Å². The Hall–Kier alpha value is -2.24. The molecule has 0 aromatic heterocycles. The van der Waals surface area contributed by atoms with Crippen LogP contribution >= 0.6 is 0 Å². The van der Waals surface area contributed by atoms with Gasteiger partial charge in [0.05, 0.1) is 12.1 Å². The molecule has 6 nitrogen and oxygen atoms in total. The molecule has 1 aromatic rings. The van der Waals surface area contributed by atoms with Crippen LogP contribution in [0.15, 0.2) is 18.2 Å². The van der Waals surface area contributed by atoms with Crippen molar-refractivity contribution in [2.24, 2.45) is 0 Å². The number of nitrogens with one attached hydrogen (secondary N) is 1. The number of carbonyl (C=O) groups is 2. The summed E-state index contributed by atoms with van der Waals surface area (Å²) >= 11 is 0. The van der Waals surface area contributed by atoms with Crippen LogP contribution in [0.25, 0.3) is 0 Å². The summed E-state index contributed by atoms with van der Waals surface area (Å²) in [5, 5.41) is 2.72. The second-order valence-corrected chi connectivity index (χ2v) is 4.28. The Morgan fingerprint density at radius 3 is 2.83 bits per heavy atom. The van der Waals surface area contributed by atoms with Gasteiger partial charge in [-0.2, -0.15) is 0 Å². The highest BCUT2D eigenvalue weighted by molar-refractivity contribution is 6.01. The molecule has 0 bridgehead atoms. The van der Waals surface area contributed by atoms with Crippen LogP contribution in [0.3, 0.4) is 0 Å². The van der Waals surface area contributed by atoms with Crippen LogP contribution in [0.2, 0.25) is 0 Å². The van der Waals surface area contributed by atoms with Gasteiger partial charge in [0, 0.05) is 24.5 Å². The van der Waals surface area contributed by atoms with Gasteiger partial charge in [0.25, 0.3) is 5.91 Å². The fourth-order valence-electron chi connectivity index (χ4n) is 1.93. The number of hydrogen-bond acceptors (Lipinski definition) is 4. The van der Waals surface area contributed by atoms with E-state index in [0.29, 0.717) is 30.0 Å². The SMILES string of the molecule is Nc1ccc(C(=O)N2CCCNC(=O)C2)c(N)c1. The first kappa shape index (κ1) is 12.2. The lowest BCUT2D eigenvalue weighted by Crippen LogP contribution is -2.37. The first-order valence-corrected chi connectivity index (χ1v) is 5.79. The van der Waals surface area contributed by atoms with Crippen molar-refractivity contribution in [2.75, 3.05) is 31.1 Å². The van der Waals surface area contributed by atoms with Crippen molar-refractivity contribution >= 4 is 23.2 Å². The van der Waals surface area contributed by atoms with E-state index in [-0.39, 0.29) is 18.4 Å². The van der Waals surface area contributed by atoms with Gasteiger partial charge >= 0.3 is 0 Å². The maximum absolute atomic E-state index is 12.3. The van der Waals surface area contributed by atoms with Gasteiger partial charge in [-0.3, -0.25) is 9.59 Å². The average molecular weight is 248 g/mol. The van der Waals surface area contributed by atoms with E-state index in [9.17, 15) is 9.59 Å². The average Bonchev–Trinajstić information content (AvgIpc) is 2.53. The molecule has 0 aliphatic carbocycles. The molecule has 0 unspecified atom stereocenters. The van der Waals surface area contributed by atoms with Crippen molar-refractivity contribution in [2.45, 2.75) is 6.42 Å². The van der Waals surface area contributed by atoms with Crippen molar-refractivity contribution in [3.63, 3.8) is 0 Å². The van der Waals surface area contributed by atoms with Crippen molar-refractivity contribution in [1.29, 1.82) is 0 Å². The molecule has 0 spiro atoms. The van der Waals surface area contributed by atoms with Crippen molar-refractivity contribution in [1.82, 2.24) is 10.2 Å². The minimum atomic E-state index is -0.232. The number of nitrogen functional groups attached to an aromatic ring is 2. The van der Waals surface area contributed by atoms with Crippen molar-refractivity contribution in [3.8, 4) is 0 Å². The minimum Gasteiger partial charge on any atom is -0.399 e. The second kappa shape index (κ2) is 4.95. The van der Waals surface area contributed by atoms with Gasteiger partial charge in [0.1, 0.15) is 0 Å². The summed E-state index contributed by atoms with van der Waals surface area (Å²) in [6.07, 6.45) is 0.742. The molecule has 1 aliphatic rings. The highest BCUT2D eigenvalue weighted by Gasteiger charge is 2.22.